The van der Waals surface area contributed by atoms with Gasteiger partial charge in [-0.25, -0.2) is 10.3 Å². The topological polar surface area (TPSA) is 90.0 Å². The highest BCUT2D eigenvalue weighted by molar-refractivity contribution is 6.01. The lowest BCUT2D eigenvalue weighted by Gasteiger charge is -2.15. The number of carbonyl (C=O) groups is 1. The number of nitrogens with one attached hydrogen (secondary N) is 4. The Kier molecular flexibility index (Phi) is 5.67. The zero-order valence-electron chi connectivity index (χ0n) is 14.7. The van der Waals surface area contributed by atoms with Crippen LogP contribution in [0.15, 0.2) is 53.6 Å². The molecule has 0 fully saturated rings. The number of nitrogens with zero attached hydrogens (tertiary/aromatic N) is 2. The zero-order valence-corrected chi connectivity index (χ0v) is 14.7. The van der Waals surface area contributed by atoms with E-state index >= 15 is 0 Å². The van der Waals surface area contributed by atoms with E-state index in [-0.39, 0.29) is 6.03 Å². The van der Waals surface area contributed by atoms with Crippen molar-refractivity contribution in [2.45, 2.75) is 13.8 Å². The van der Waals surface area contributed by atoms with Crippen LogP contribution in [-0.2, 0) is 4.74 Å². The largest absolute Gasteiger partial charge is 0.363 e. The third-order valence-electron chi connectivity index (χ3n) is 3.76. The second kappa shape index (κ2) is 8.32. The summed E-state index contributed by atoms with van der Waals surface area (Å²) in [6.45, 7) is 4.88. The number of benzene rings is 2. The molecule has 2 amide bonds. The molecule has 26 heavy (non-hydrogen) atoms. The highest BCUT2D eigenvalue weighted by Crippen LogP contribution is 2.15. The van der Waals surface area contributed by atoms with Crippen LogP contribution in [0.3, 0.4) is 0 Å². The second-order valence-electron chi connectivity index (χ2n) is 5.69. The van der Waals surface area contributed by atoms with Crippen LogP contribution >= 0.6 is 0 Å². The monoisotopic (exact) mass is 354 g/mol. The molecule has 0 bridgehead atoms. The highest BCUT2D eigenvalue weighted by Gasteiger charge is 2.15. The molecule has 0 unspecified atom stereocenters. The fourth-order valence-corrected chi connectivity index (χ4v) is 2.37. The molecule has 4 N–H and O–H groups in total. The van der Waals surface area contributed by atoms with Gasteiger partial charge in [0, 0.05) is 23.5 Å². The first-order valence-corrected chi connectivity index (χ1v) is 8.35. The number of anilines is 2. The first-order valence-electron chi connectivity index (χ1n) is 8.35. The summed E-state index contributed by atoms with van der Waals surface area (Å²) in [6.07, 6.45) is 0. The number of hydrazine groups is 2. The minimum atomic E-state index is -0.284. The lowest BCUT2D eigenvalue weighted by Crippen LogP contribution is -2.43. The van der Waals surface area contributed by atoms with E-state index in [0.29, 0.717) is 24.9 Å². The van der Waals surface area contributed by atoms with Crippen molar-refractivity contribution in [3.63, 3.8) is 0 Å². The maximum Gasteiger partial charge on any atom is 0.323 e. The number of amides is 2. The summed E-state index contributed by atoms with van der Waals surface area (Å²) in [5, 5.41) is 11.5. The van der Waals surface area contributed by atoms with E-state index < -0.39 is 0 Å². The van der Waals surface area contributed by atoms with E-state index in [9.17, 15) is 4.79 Å². The lowest BCUT2D eigenvalue weighted by molar-refractivity contribution is -0.00378. The van der Waals surface area contributed by atoms with Crippen molar-refractivity contribution in [2.24, 2.45) is 5.10 Å². The Morgan fingerprint density at radius 1 is 1.15 bits per heavy atom. The van der Waals surface area contributed by atoms with Crippen LogP contribution in [-0.4, -0.2) is 30.3 Å². The van der Waals surface area contributed by atoms with Gasteiger partial charge in [0.15, 0.2) is 5.84 Å². The number of carbonyl (C=O) groups excluding carboxylic acids is 1. The van der Waals surface area contributed by atoms with Crippen LogP contribution in [0.2, 0.25) is 0 Å². The molecule has 0 saturated carbocycles. The average Bonchev–Trinajstić information content (AvgIpc) is 3.11. The van der Waals surface area contributed by atoms with Gasteiger partial charge in [-0.15, -0.1) is 5.10 Å². The Morgan fingerprint density at radius 2 is 1.92 bits per heavy atom. The molecule has 2 aromatic carbocycles. The number of rotatable bonds is 6. The van der Waals surface area contributed by atoms with Crippen molar-refractivity contribution in [1.29, 1.82) is 0 Å². The minimum Gasteiger partial charge on any atom is -0.363 e. The molecule has 0 saturated heterocycles. The van der Waals surface area contributed by atoms with Crippen LogP contribution in [0.25, 0.3) is 0 Å². The van der Waals surface area contributed by atoms with Crippen LogP contribution in [0.5, 0.6) is 0 Å². The maximum absolute atomic E-state index is 12.1. The van der Waals surface area contributed by atoms with Gasteiger partial charge in [-0.2, -0.15) is 0 Å². The maximum atomic E-state index is 12.1. The Morgan fingerprint density at radius 3 is 2.65 bits per heavy atom. The summed E-state index contributed by atoms with van der Waals surface area (Å²) in [6, 6.07) is 14.7. The van der Waals surface area contributed by atoms with Crippen molar-refractivity contribution in [3.05, 3.63) is 59.7 Å². The van der Waals surface area contributed by atoms with Crippen LogP contribution in [0, 0.1) is 6.92 Å². The van der Waals surface area contributed by atoms with Crippen molar-refractivity contribution < 1.29 is 9.53 Å². The predicted octanol–water partition coefficient (Wildman–Crippen LogP) is 2.62. The van der Waals surface area contributed by atoms with E-state index in [0.717, 1.165) is 16.8 Å². The molecule has 2 aromatic rings. The molecule has 0 radical (unpaired) electrons. The summed E-state index contributed by atoms with van der Waals surface area (Å²) in [5.41, 5.74) is 9.29. The van der Waals surface area contributed by atoms with Gasteiger partial charge in [0.2, 0.25) is 0 Å². The molecule has 0 aromatic heterocycles. The first kappa shape index (κ1) is 17.7. The molecule has 0 spiro atoms. The van der Waals surface area contributed by atoms with Crippen LogP contribution < -0.4 is 21.6 Å². The molecule has 8 heteroatoms. The SMILES string of the molecule is CCOCN1NN=C(c2ccc(NC(=O)Nc3ccccc3C)cc2)N1. The third kappa shape index (κ3) is 4.50. The van der Waals surface area contributed by atoms with Crippen molar-refractivity contribution in [1.82, 2.24) is 16.1 Å². The molecule has 8 nitrogen and oxygen atoms in total. The number of para-hydroxylation sites is 1. The van der Waals surface area contributed by atoms with Crippen molar-refractivity contribution >= 4 is 23.2 Å². The summed E-state index contributed by atoms with van der Waals surface area (Å²) in [4.78, 5) is 12.1. The number of hydrogen-bond acceptors (Lipinski definition) is 6. The highest BCUT2D eigenvalue weighted by atomic mass is 16.5. The zero-order chi connectivity index (χ0) is 18.4. The number of amidine groups is 1. The van der Waals surface area contributed by atoms with E-state index in [2.05, 4.69) is 26.7 Å². The fraction of sp³-hybridized carbons (Fsp3) is 0.222. The van der Waals surface area contributed by atoms with Gasteiger partial charge in [0.1, 0.15) is 6.73 Å². The molecular formula is C18H22N6O2. The fourth-order valence-electron chi connectivity index (χ4n) is 2.37. The van der Waals surface area contributed by atoms with Crippen molar-refractivity contribution in [2.75, 3.05) is 24.0 Å². The van der Waals surface area contributed by atoms with Gasteiger partial charge in [-0.3, -0.25) is 5.43 Å². The normalized spacial score (nSPS) is 13.5. The summed E-state index contributed by atoms with van der Waals surface area (Å²) >= 11 is 0. The third-order valence-corrected chi connectivity index (χ3v) is 3.76. The standard InChI is InChI=1S/C18H22N6O2/c1-3-26-12-24-22-17(21-23-24)14-8-10-15(11-9-14)19-18(25)20-16-7-5-4-6-13(16)2/h4-11,23H,3,12H2,1-2H3,(H,21,22)(H2,19,20,25). The summed E-state index contributed by atoms with van der Waals surface area (Å²) in [7, 11) is 0. The van der Waals surface area contributed by atoms with E-state index in [1.54, 1.807) is 5.12 Å². The number of hydrazone groups is 1. The minimum absolute atomic E-state index is 0.284. The Hall–Kier alpha value is -3.10. The average molecular weight is 354 g/mol. The molecule has 1 heterocycles. The number of urea groups is 1. The molecule has 1 aliphatic rings. The van der Waals surface area contributed by atoms with Gasteiger partial charge in [-0.05, 0) is 49.7 Å². The van der Waals surface area contributed by atoms with Crippen molar-refractivity contribution in [3.8, 4) is 0 Å². The smallest absolute Gasteiger partial charge is 0.323 e. The summed E-state index contributed by atoms with van der Waals surface area (Å²) in [5.74, 6) is 0.681. The van der Waals surface area contributed by atoms with Gasteiger partial charge in [-0.1, -0.05) is 23.3 Å². The predicted molar refractivity (Wildman–Crippen MR) is 101 cm³/mol. The first-order chi connectivity index (χ1) is 12.7. The van der Waals surface area contributed by atoms with E-state index in [1.807, 2.05) is 62.4 Å². The number of hydrogen-bond donors (Lipinski definition) is 4. The quantitative estimate of drug-likeness (QED) is 0.640. The van der Waals surface area contributed by atoms with E-state index in [1.165, 1.54) is 0 Å². The number of ether oxygens (including phenoxy) is 1. The van der Waals surface area contributed by atoms with E-state index in [4.69, 9.17) is 4.74 Å². The Bertz CT molecular complexity index is 791. The molecule has 0 atom stereocenters. The molecule has 1 aliphatic heterocycles. The molecule has 136 valence electrons. The van der Waals surface area contributed by atoms with Gasteiger partial charge in [0.25, 0.3) is 0 Å². The number of aryl methyl sites for hydroxylation is 1. The molecule has 0 aliphatic carbocycles. The summed E-state index contributed by atoms with van der Waals surface area (Å²) < 4.78 is 5.29. The lowest BCUT2D eigenvalue weighted by atomic mass is 10.2. The molecular weight excluding hydrogens is 332 g/mol. The van der Waals surface area contributed by atoms with Crippen LogP contribution in [0.1, 0.15) is 18.1 Å². The van der Waals surface area contributed by atoms with Gasteiger partial charge in [0.05, 0.1) is 0 Å². The second-order valence-corrected chi connectivity index (χ2v) is 5.69. The Labute approximate surface area is 152 Å². The van der Waals surface area contributed by atoms with Gasteiger partial charge < -0.3 is 15.4 Å². The Balaban J connectivity index is 1.55. The molecule has 3 rings (SSSR count). The van der Waals surface area contributed by atoms with Crippen LogP contribution in [0.4, 0.5) is 16.2 Å². The van der Waals surface area contributed by atoms with Gasteiger partial charge >= 0.3 is 6.03 Å².